The summed E-state index contributed by atoms with van der Waals surface area (Å²) in [6, 6.07) is 23.4. The number of rotatable bonds is 7. The number of carbonyl (C=O) groups excluding carboxylic acids is 3. The van der Waals surface area contributed by atoms with Crippen molar-refractivity contribution in [3.63, 3.8) is 0 Å². The summed E-state index contributed by atoms with van der Waals surface area (Å²) in [7, 11) is 0. The maximum atomic E-state index is 12.7. The van der Waals surface area contributed by atoms with E-state index in [2.05, 4.69) is 5.32 Å². The zero-order valence-electron chi connectivity index (χ0n) is 17.4. The smallest absolute Gasteiger partial charge is 0.294 e. The number of carbonyl (C=O) groups is 3. The molecule has 0 spiro atoms. The topological polar surface area (TPSA) is 75.7 Å². The van der Waals surface area contributed by atoms with Crippen molar-refractivity contribution in [3.8, 4) is 5.75 Å². The van der Waals surface area contributed by atoms with E-state index in [0.717, 1.165) is 22.2 Å². The lowest BCUT2D eigenvalue weighted by molar-refractivity contribution is -0.127. The molecule has 0 aliphatic carbocycles. The average Bonchev–Trinajstić information content (AvgIpc) is 3.06. The molecule has 6 nitrogen and oxygen atoms in total. The van der Waals surface area contributed by atoms with Gasteiger partial charge in [0.05, 0.1) is 4.91 Å². The first-order valence-corrected chi connectivity index (χ1v) is 11.3. The van der Waals surface area contributed by atoms with Crippen molar-refractivity contribution < 1.29 is 19.1 Å². The number of nitrogens with zero attached hydrogens (tertiary/aromatic N) is 1. The predicted molar refractivity (Wildman–Crippen MR) is 130 cm³/mol. The third-order valence-corrected chi connectivity index (χ3v) is 6.02. The quantitative estimate of drug-likeness (QED) is 0.448. The van der Waals surface area contributed by atoms with Crippen LogP contribution in [0.4, 0.5) is 10.5 Å². The summed E-state index contributed by atoms with van der Waals surface area (Å²) < 4.78 is 5.82. The molecule has 3 amide bonds. The molecule has 1 saturated heterocycles. The van der Waals surface area contributed by atoms with E-state index in [1.165, 1.54) is 0 Å². The predicted octanol–water partition coefficient (Wildman–Crippen LogP) is 5.59. The zero-order chi connectivity index (χ0) is 23.2. The third-order valence-electron chi connectivity index (χ3n) is 4.74. The van der Waals surface area contributed by atoms with Crippen molar-refractivity contribution in [3.05, 3.63) is 99.9 Å². The van der Waals surface area contributed by atoms with Crippen LogP contribution in [0, 0.1) is 0 Å². The van der Waals surface area contributed by atoms with Crippen molar-refractivity contribution in [2.45, 2.75) is 6.61 Å². The van der Waals surface area contributed by atoms with E-state index in [-0.39, 0.29) is 11.4 Å². The van der Waals surface area contributed by atoms with Crippen LogP contribution in [0.1, 0.15) is 11.1 Å². The first kappa shape index (κ1) is 22.6. The van der Waals surface area contributed by atoms with Gasteiger partial charge < -0.3 is 10.1 Å². The van der Waals surface area contributed by atoms with Crippen LogP contribution in [0.25, 0.3) is 6.08 Å². The summed E-state index contributed by atoms with van der Waals surface area (Å²) in [6.07, 6.45) is 1.61. The van der Waals surface area contributed by atoms with Gasteiger partial charge in [-0.15, -0.1) is 0 Å². The number of ether oxygens (including phenoxy) is 1. The Kier molecular flexibility index (Phi) is 7.12. The zero-order valence-corrected chi connectivity index (χ0v) is 18.9. The number of benzene rings is 3. The summed E-state index contributed by atoms with van der Waals surface area (Å²) in [5.74, 6) is -0.347. The van der Waals surface area contributed by atoms with Gasteiger partial charge in [-0.2, -0.15) is 0 Å². The molecule has 0 atom stereocenters. The van der Waals surface area contributed by atoms with Crippen LogP contribution in [0.15, 0.2) is 83.8 Å². The molecule has 0 bridgehead atoms. The normalized spacial score (nSPS) is 14.6. The van der Waals surface area contributed by atoms with Gasteiger partial charge in [0.1, 0.15) is 18.9 Å². The van der Waals surface area contributed by atoms with Crippen molar-refractivity contribution in [2.75, 3.05) is 11.9 Å². The lowest BCUT2D eigenvalue weighted by Crippen LogP contribution is -2.36. The molecule has 0 aromatic heterocycles. The van der Waals surface area contributed by atoms with Crippen LogP contribution in [0.3, 0.4) is 0 Å². The summed E-state index contributed by atoms with van der Waals surface area (Å²) in [5, 5.41) is 2.81. The molecular weight excluding hydrogens is 460 g/mol. The first-order valence-electron chi connectivity index (χ1n) is 10.1. The molecule has 3 aromatic rings. The van der Waals surface area contributed by atoms with E-state index >= 15 is 0 Å². The van der Waals surface area contributed by atoms with Crippen LogP contribution in [0.2, 0.25) is 5.02 Å². The molecule has 1 aliphatic heterocycles. The van der Waals surface area contributed by atoms with Gasteiger partial charge in [0.25, 0.3) is 11.1 Å². The van der Waals surface area contributed by atoms with E-state index in [0.29, 0.717) is 28.6 Å². The number of hydrogen-bond acceptors (Lipinski definition) is 5. The fourth-order valence-corrected chi connectivity index (χ4v) is 4.15. The Hall–Kier alpha value is -3.55. The summed E-state index contributed by atoms with van der Waals surface area (Å²) >= 11 is 6.97. The fourth-order valence-electron chi connectivity index (χ4n) is 3.12. The Labute approximate surface area is 200 Å². The lowest BCUT2D eigenvalue weighted by Gasteiger charge is -2.12. The first-order chi connectivity index (χ1) is 16.0. The number of thioether (sulfide) groups is 1. The summed E-state index contributed by atoms with van der Waals surface area (Å²) in [4.78, 5) is 38.5. The van der Waals surface area contributed by atoms with E-state index in [1.807, 2.05) is 24.3 Å². The highest BCUT2D eigenvalue weighted by Crippen LogP contribution is 2.32. The third kappa shape index (κ3) is 5.83. The second kappa shape index (κ2) is 10.4. The van der Waals surface area contributed by atoms with Crippen molar-refractivity contribution in [2.24, 2.45) is 0 Å². The Morgan fingerprint density at radius 3 is 2.55 bits per heavy atom. The number of anilines is 1. The molecule has 0 saturated carbocycles. The molecule has 1 heterocycles. The molecule has 0 unspecified atom stereocenters. The standard InChI is InChI=1S/C25H19ClN2O4S/c26-21-12-5-4-8-18(21)16-32-20-11-6-7-17(13-20)14-22-24(30)28(25(31)33-22)15-23(29)27-19-9-2-1-3-10-19/h1-14H,15-16H2,(H,27,29)/b22-14+. The van der Waals surface area contributed by atoms with Gasteiger partial charge in [0, 0.05) is 16.3 Å². The number of halogens is 1. The monoisotopic (exact) mass is 478 g/mol. The SMILES string of the molecule is O=C(CN1C(=O)S/C(=C/c2cccc(OCc3ccccc3Cl)c2)C1=O)Nc1ccccc1. The number of nitrogens with one attached hydrogen (secondary N) is 1. The maximum absolute atomic E-state index is 12.7. The molecule has 166 valence electrons. The number of imide groups is 1. The van der Waals surface area contributed by atoms with Crippen LogP contribution in [-0.2, 0) is 16.2 Å². The van der Waals surface area contributed by atoms with Crippen LogP contribution in [0.5, 0.6) is 5.75 Å². The Balaban J connectivity index is 1.41. The van der Waals surface area contributed by atoms with Crippen LogP contribution in [-0.4, -0.2) is 28.5 Å². The Morgan fingerprint density at radius 2 is 1.76 bits per heavy atom. The highest BCUT2D eigenvalue weighted by molar-refractivity contribution is 8.18. The molecule has 33 heavy (non-hydrogen) atoms. The number of para-hydroxylation sites is 1. The second-order valence-corrected chi connectivity index (χ2v) is 8.54. The van der Waals surface area contributed by atoms with Crippen LogP contribution >= 0.6 is 23.4 Å². The van der Waals surface area contributed by atoms with Gasteiger partial charge in [-0.25, -0.2) is 0 Å². The van der Waals surface area contributed by atoms with Crippen LogP contribution < -0.4 is 10.1 Å². The van der Waals surface area contributed by atoms with Gasteiger partial charge in [-0.05, 0) is 53.7 Å². The van der Waals surface area contributed by atoms with Gasteiger partial charge in [-0.3, -0.25) is 19.3 Å². The molecule has 3 aromatic carbocycles. The molecule has 4 rings (SSSR count). The molecule has 1 N–H and O–H groups in total. The largest absolute Gasteiger partial charge is 0.489 e. The van der Waals surface area contributed by atoms with Gasteiger partial charge in [0.15, 0.2) is 0 Å². The van der Waals surface area contributed by atoms with Gasteiger partial charge in [0.2, 0.25) is 5.91 Å². The molecule has 0 radical (unpaired) electrons. The lowest BCUT2D eigenvalue weighted by atomic mass is 10.2. The average molecular weight is 479 g/mol. The highest BCUT2D eigenvalue weighted by atomic mass is 35.5. The van der Waals surface area contributed by atoms with E-state index in [9.17, 15) is 14.4 Å². The highest BCUT2D eigenvalue weighted by Gasteiger charge is 2.36. The second-order valence-electron chi connectivity index (χ2n) is 7.13. The van der Waals surface area contributed by atoms with Crippen molar-refractivity contribution in [1.82, 2.24) is 4.90 Å². The molecule has 1 fully saturated rings. The maximum Gasteiger partial charge on any atom is 0.294 e. The Morgan fingerprint density at radius 1 is 1.00 bits per heavy atom. The summed E-state index contributed by atoms with van der Waals surface area (Å²) in [6.45, 7) is -0.0476. The van der Waals surface area contributed by atoms with E-state index < -0.39 is 17.1 Å². The Bertz CT molecular complexity index is 1230. The van der Waals surface area contributed by atoms with E-state index in [1.54, 1.807) is 60.7 Å². The van der Waals surface area contributed by atoms with Crippen molar-refractivity contribution >= 4 is 52.2 Å². The summed E-state index contributed by atoms with van der Waals surface area (Å²) in [5.41, 5.74) is 2.16. The van der Waals surface area contributed by atoms with Crippen molar-refractivity contribution in [1.29, 1.82) is 0 Å². The fraction of sp³-hybridized carbons (Fsp3) is 0.0800. The molecule has 1 aliphatic rings. The minimum absolute atomic E-state index is 0.246. The van der Waals surface area contributed by atoms with Gasteiger partial charge in [-0.1, -0.05) is 60.1 Å². The van der Waals surface area contributed by atoms with Gasteiger partial charge >= 0.3 is 0 Å². The molecule has 8 heteroatoms. The number of amides is 3. The number of hydrogen-bond donors (Lipinski definition) is 1. The minimum atomic E-state index is -0.504. The minimum Gasteiger partial charge on any atom is -0.489 e. The van der Waals surface area contributed by atoms with E-state index in [4.69, 9.17) is 16.3 Å². The molecular formula is C25H19ClN2O4S.